The van der Waals surface area contributed by atoms with E-state index in [0.717, 1.165) is 4.90 Å². The van der Waals surface area contributed by atoms with Crippen molar-refractivity contribution in [3.63, 3.8) is 0 Å². The summed E-state index contributed by atoms with van der Waals surface area (Å²) in [4.78, 5) is 50.1. The van der Waals surface area contributed by atoms with Crippen molar-refractivity contribution in [2.24, 2.45) is 0 Å². The minimum atomic E-state index is -1.26. The van der Waals surface area contributed by atoms with Crippen molar-refractivity contribution < 1.29 is 29.1 Å². The fourth-order valence-electron chi connectivity index (χ4n) is 1.48. The first kappa shape index (κ1) is 14.9. The number of amides is 4. The zero-order valence-corrected chi connectivity index (χ0v) is 10.6. The largest absolute Gasteiger partial charge is 0.479 e. The predicted molar refractivity (Wildman–Crippen MR) is 60.7 cm³/mol. The second-order valence-corrected chi connectivity index (χ2v) is 4.21. The number of carbonyl (C=O) groups excluding carboxylic acids is 3. The molecule has 1 unspecified atom stereocenters. The highest BCUT2D eigenvalue weighted by Crippen LogP contribution is 2.20. The first-order valence-electron chi connectivity index (χ1n) is 5.56. The summed E-state index contributed by atoms with van der Waals surface area (Å²) < 4.78 is 0. The van der Waals surface area contributed by atoms with Crippen LogP contribution in [-0.2, 0) is 19.2 Å². The molecular formula is C10H15N3O6. The van der Waals surface area contributed by atoms with Gasteiger partial charge in [-0.1, -0.05) is 6.92 Å². The number of carboxylic acid groups (broad SMARTS) is 1. The van der Waals surface area contributed by atoms with Crippen molar-refractivity contribution in [2.45, 2.75) is 25.8 Å². The Labute approximate surface area is 108 Å². The molecule has 1 fully saturated rings. The molecule has 9 nitrogen and oxygen atoms in total. The maximum absolute atomic E-state index is 11.9. The summed E-state index contributed by atoms with van der Waals surface area (Å²) in [6, 6.07) is -0.664. The Hall–Kier alpha value is -2.16. The van der Waals surface area contributed by atoms with Crippen LogP contribution in [0.4, 0.5) is 4.79 Å². The third-order valence-corrected chi connectivity index (χ3v) is 2.74. The lowest BCUT2D eigenvalue weighted by molar-refractivity contribution is -0.150. The molecule has 3 N–H and O–H groups in total. The Morgan fingerprint density at radius 2 is 2.11 bits per heavy atom. The molecule has 0 radical (unpaired) electrons. The number of hydroxylamine groups is 1. The molecule has 0 aromatic heterocycles. The van der Waals surface area contributed by atoms with Gasteiger partial charge in [-0.25, -0.2) is 15.1 Å². The Balaban J connectivity index is 2.53. The van der Waals surface area contributed by atoms with E-state index >= 15 is 0 Å². The van der Waals surface area contributed by atoms with Gasteiger partial charge in [-0.2, -0.15) is 0 Å². The van der Waals surface area contributed by atoms with Crippen molar-refractivity contribution in [3.8, 4) is 0 Å². The van der Waals surface area contributed by atoms with Gasteiger partial charge in [0.15, 0.2) is 6.61 Å². The molecule has 1 atom stereocenters. The van der Waals surface area contributed by atoms with Crippen LogP contribution in [0.5, 0.6) is 0 Å². The topological polar surface area (TPSA) is 125 Å². The molecule has 4 amide bonds. The number of imide groups is 1. The summed E-state index contributed by atoms with van der Waals surface area (Å²) in [5, 5.41) is 10.8. The Morgan fingerprint density at radius 3 is 2.58 bits per heavy atom. The number of nitrogens with one attached hydrogen (secondary N) is 2. The maximum Gasteiger partial charge on any atom is 0.332 e. The van der Waals surface area contributed by atoms with E-state index in [2.05, 4.69) is 10.2 Å². The number of hydrogen-bond donors (Lipinski definition) is 3. The number of nitrogens with zero attached hydrogens (tertiary/aromatic N) is 1. The van der Waals surface area contributed by atoms with Gasteiger partial charge >= 0.3 is 12.0 Å². The van der Waals surface area contributed by atoms with Crippen molar-refractivity contribution in [2.75, 3.05) is 13.2 Å². The number of aliphatic carboxylic acids is 1. The summed E-state index contributed by atoms with van der Waals surface area (Å²) >= 11 is 0. The lowest BCUT2D eigenvalue weighted by atomic mass is 9.99. The van der Waals surface area contributed by atoms with Gasteiger partial charge in [-0.15, -0.1) is 0 Å². The molecule has 1 aliphatic heterocycles. The lowest BCUT2D eigenvalue weighted by Crippen LogP contribution is -2.44. The summed E-state index contributed by atoms with van der Waals surface area (Å²) in [5.41, 5.74) is 0.819. The molecule has 106 valence electrons. The number of carboxylic acids is 1. The van der Waals surface area contributed by atoms with Crippen LogP contribution in [0.1, 0.15) is 20.3 Å². The average Bonchev–Trinajstić information content (AvgIpc) is 2.53. The first-order chi connectivity index (χ1) is 8.80. The second-order valence-electron chi connectivity index (χ2n) is 4.21. The number of carbonyl (C=O) groups is 4. The van der Waals surface area contributed by atoms with Gasteiger partial charge in [0, 0.05) is 0 Å². The highest BCUT2D eigenvalue weighted by molar-refractivity contribution is 6.08. The van der Waals surface area contributed by atoms with Crippen LogP contribution in [0.25, 0.3) is 0 Å². The molecule has 1 heterocycles. The first-order valence-corrected chi connectivity index (χ1v) is 5.56. The van der Waals surface area contributed by atoms with Crippen molar-refractivity contribution in [3.05, 3.63) is 0 Å². The molecule has 1 aliphatic rings. The van der Waals surface area contributed by atoms with Gasteiger partial charge in [0.25, 0.3) is 11.8 Å². The van der Waals surface area contributed by atoms with Gasteiger partial charge in [0.2, 0.25) is 0 Å². The molecule has 0 saturated carbocycles. The zero-order valence-electron chi connectivity index (χ0n) is 10.6. The second kappa shape index (κ2) is 5.65. The summed E-state index contributed by atoms with van der Waals surface area (Å²) in [6.45, 7) is 2.06. The fraction of sp³-hybridized carbons (Fsp3) is 0.600. The molecule has 19 heavy (non-hydrogen) atoms. The summed E-state index contributed by atoms with van der Waals surface area (Å²) in [7, 11) is 0. The van der Waals surface area contributed by atoms with Crippen LogP contribution in [0.3, 0.4) is 0 Å². The van der Waals surface area contributed by atoms with E-state index in [1.54, 1.807) is 13.8 Å². The molecule has 9 heteroatoms. The van der Waals surface area contributed by atoms with Crippen molar-refractivity contribution >= 4 is 23.8 Å². The molecule has 0 bridgehead atoms. The molecule has 0 aromatic carbocycles. The van der Waals surface area contributed by atoms with Crippen LogP contribution in [0.2, 0.25) is 0 Å². The molecule has 1 saturated heterocycles. The monoisotopic (exact) mass is 273 g/mol. The molecule has 0 aliphatic carbocycles. The molecule has 0 spiro atoms. The average molecular weight is 273 g/mol. The van der Waals surface area contributed by atoms with Gasteiger partial charge in [0.05, 0.1) is 0 Å². The van der Waals surface area contributed by atoms with E-state index < -0.39 is 42.5 Å². The van der Waals surface area contributed by atoms with Gasteiger partial charge in [0.1, 0.15) is 12.1 Å². The third-order valence-electron chi connectivity index (χ3n) is 2.74. The highest BCUT2D eigenvalue weighted by atomic mass is 16.7. The van der Waals surface area contributed by atoms with Gasteiger partial charge in [-0.05, 0) is 13.3 Å². The Morgan fingerprint density at radius 1 is 1.47 bits per heavy atom. The van der Waals surface area contributed by atoms with E-state index in [4.69, 9.17) is 5.11 Å². The highest BCUT2D eigenvalue weighted by Gasteiger charge is 2.46. The molecule has 1 rings (SSSR count). The lowest BCUT2D eigenvalue weighted by Gasteiger charge is -2.18. The van der Waals surface area contributed by atoms with E-state index in [9.17, 15) is 19.2 Å². The standard InChI is InChI=1S/C10H15N3O6/c1-3-10(2)8(17)13(9(18)11-10)4-6(14)12-19-5-7(15)16/h3-5H2,1-2H3,(H,11,18)(H,12,14)(H,15,16). The normalized spacial score (nSPS) is 22.3. The van der Waals surface area contributed by atoms with E-state index in [-0.39, 0.29) is 0 Å². The number of rotatable bonds is 6. The summed E-state index contributed by atoms with van der Waals surface area (Å²) in [6.07, 6.45) is 0.394. The third kappa shape index (κ3) is 3.41. The van der Waals surface area contributed by atoms with Crippen molar-refractivity contribution in [1.29, 1.82) is 0 Å². The zero-order chi connectivity index (χ0) is 14.6. The Kier molecular flexibility index (Phi) is 4.43. The van der Waals surface area contributed by atoms with Gasteiger partial charge < -0.3 is 10.4 Å². The van der Waals surface area contributed by atoms with Crippen LogP contribution >= 0.6 is 0 Å². The smallest absolute Gasteiger partial charge is 0.332 e. The molecule has 0 aromatic rings. The minimum Gasteiger partial charge on any atom is -0.479 e. The SMILES string of the molecule is CCC1(C)NC(=O)N(CC(=O)NOCC(=O)O)C1=O. The fourth-order valence-corrected chi connectivity index (χ4v) is 1.48. The van der Waals surface area contributed by atoms with Crippen LogP contribution in [-0.4, -0.2) is 52.5 Å². The number of urea groups is 1. The summed E-state index contributed by atoms with van der Waals surface area (Å²) in [5.74, 6) is -2.55. The van der Waals surface area contributed by atoms with Crippen LogP contribution in [0, 0.1) is 0 Å². The molecular weight excluding hydrogens is 258 g/mol. The van der Waals surface area contributed by atoms with Crippen LogP contribution in [0.15, 0.2) is 0 Å². The van der Waals surface area contributed by atoms with E-state index in [0.29, 0.717) is 6.42 Å². The predicted octanol–water partition coefficient (Wildman–Crippen LogP) is -1.16. The van der Waals surface area contributed by atoms with E-state index in [1.165, 1.54) is 0 Å². The quantitative estimate of drug-likeness (QED) is 0.414. The maximum atomic E-state index is 11.9. The number of hydrogen-bond acceptors (Lipinski definition) is 5. The van der Waals surface area contributed by atoms with E-state index in [1.807, 2.05) is 5.48 Å². The Bertz CT molecular complexity index is 423. The minimum absolute atomic E-state index is 0.394. The van der Waals surface area contributed by atoms with Crippen molar-refractivity contribution in [1.82, 2.24) is 15.7 Å². The van der Waals surface area contributed by atoms with Crippen LogP contribution < -0.4 is 10.8 Å². The van der Waals surface area contributed by atoms with Gasteiger partial charge in [-0.3, -0.25) is 19.3 Å².